The van der Waals surface area contributed by atoms with Crippen LogP contribution in [0.2, 0.25) is 10.0 Å². The Hall–Kier alpha value is -2.04. The molecule has 0 bridgehead atoms. The summed E-state index contributed by atoms with van der Waals surface area (Å²) in [6.45, 7) is 0. The number of hydrogen-bond acceptors (Lipinski definition) is 3. The summed E-state index contributed by atoms with van der Waals surface area (Å²) >= 11 is 11.9. The first-order chi connectivity index (χ1) is 10.6. The van der Waals surface area contributed by atoms with Gasteiger partial charge in [-0.15, -0.1) is 0 Å². The average Bonchev–Trinajstić information content (AvgIpc) is 2.75. The van der Waals surface area contributed by atoms with Crippen LogP contribution in [0.4, 0.5) is 11.4 Å². The fraction of sp³-hybridized carbons (Fsp3) is 0.125. The van der Waals surface area contributed by atoms with Crippen LogP contribution in [0.3, 0.4) is 0 Å². The molecule has 2 aromatic rings. The molecular formula is C16H12Cl2N2O2. The molecule has 1 fully saturated rings. The molecule has 1 saturated heterocycles. The van der Waals surface area contributed by atoms with Crippen LogP contribution < -0.4 is 10.2 Å². The summed E-state index contributed by atoms with van der Waals surface area (Å²) in [6, 6.07) is 13.4. The van der Waals surface area contributed by atoms with Gasteiger partial charge >= 0.3 is 0 Å². The quantitative estimate of drug-likeness (QED) is 0.870. The monoisotopic (exact) mass is 334 g/mol. The van der Waals surface area contributed by atoms with E-state index in [1.165, 1.54) is 6.07 Å². The molecule has 1 atom stereocenters. The van der Waals surface area contributed by atoms with Crippen LogP contribution in [0.15, 0.2) is 48.5 Å². The zero-order chi connectivity index (χ0) is 15.7. The first-order valence-electron chi connectivity index (χ1n) is 6.69. The third kappa shape index (κ3) is 2.80. The summed E-state index contributed by atoms with van der Waals surface area (Å²) in [4.78, 5) is 25.8. The first-order valence-corrected chi connectivity index (χ1v) is 7.45. The number of anilines is 2. The largest absolute Gasteiger partial charge is 0.373 e. The third-order valence-corrected chi connectivity index (χ3v) is 3.95. The minimum absolute atomic E-state index is 0.0900. The van der Waals surface area contributed by atoms with Gasteiger partial charge in [0.2, 0.25) is 5.91 Å². The molecule has 2 aromatic carbocycles. The number of imide groups is 1. The van der Waals surface area contributed by atoms with Crippen molar-refractivity contribution in [2.24, 2.45) is 0 Å². The molecule has 0 aromatic heterocycles. The number of halogens is 2. The van der Waals surface area contributed by atoms with E-state index in [0.29, 0.717) is 10.7 Å². The highest BCUT2D eigenvalue weighted by Crippen LogP contribution is 2.32. The Morgan fingerprint density at radius 2 is 1.77 bits per heavy atom. The Labute approximate surface area is 137 Å². The second-order valence-corrected chi connectivity index (χ2v) is 5.77. The van der Waals surface area contributed by atoms with E-state index in [-0.39, 0.29) is 23.3 Å². The fourth-order valence-electron chi connectivity index (χ4n) is 2.40. The number of benzene rings is 2. The first kappa shape index (κ1) is 14.9. The molecule has 3 rings (SSSR count). The SMILES string of the molecule is O=C1C[C@@H](Nc2ccccc2)C(=O)N1c1ccc(Cl)cc1Cl. The number of rotatable bonds is 3. The molecule has 0 spiro atoms. The van der Waals surface area contributed by atoms with E-state index in [4.69, 9.17) is 23.2 Å². The minimum atomic E-state index is -0.596. The van der Waals surface area contributed by atoms with Crippen molar-refractivity contribution in [2.45, 2.75) is 12.5 Å². The Kier molecular flexibility index (Phi) is 4.05. The zero-order valence-electron chi connectivity index (χ0n) is 11.4. The summed E-state index contributed by atoms with van der Waals surface area (Å²) < 4.78 is 0. The van der Waals surface area contributed by atoms with Gasteiger partial charge in [0.25, 0.3) is 5.91 Å². The van der Waals surface area contributed by atoms with Gasteiger partial charge in [-0.05, 0) is 30.3 Å². The van der Waals surface area contributed by atoms with Gasteiger partial charge in [-0.2, -0.15) is 0 Å². The van der Waals surface area contributed by atoms with Crippen molar-refractivity contribution in [1.29, 1.82) is 0 Å². The van der Waals surface area contributed by atoms with Crippen molar-refractivity contribution in [3.05, 3.63) is 58.6 Å². The normalized spacial score (nSPS) is 17.9. The van der Waals surface area contributed by atoms with Gasteiger partial charge < -0.3 is 5.32 Å². The highest BCUT2D eigenvalue weighted by atomic mass is 35.5. The van der Waals surface area contributed by atoms with Crippen LogP contribution in [0, 0.1) is 0 Å². The summed E-state index contributed by atoms with van der Waals surface area (Å²) in [6.07, 6.45) is 0.0900. The topological polar surface area (TPSA) is 49.4 Å². The van der Waals surface area contributed by atoms with Crippen molar-refractivity contribution in [1.82, 2.24) is 0 Å². The predicted octanol–water partition coefficient (Wildman–Crippen LogP) is 3.74. The summed E-state index contributed by atoms with van der Waals surface area (Å²) in [7, 11) is 0. The number of nitrogens with zero attached hydrogens (tertiary/aromatic N) is 1. The van der Waals surface area contributed by atoms with Gasteiger partial charge in [0.1, 0.15) is 6.04 Å². The van der Waals surface area contributed by atoms with E-state index in [9.17, 15) is 9.59 Å². The van der Waals surface area contributed by atoms with E-state index < -0.39 is 6.04 Å². The summed E-state index contributed by atoms with van der Waals surface area (Å²) in [5.74, 6) is -0.610. The number of amides is 2. The van der Waals surface area contributed by atoms with Gasteiger partial charge in [0.15, 0.2) is 0 Å². The van der Waals surface area contributed by atoms with Crippen LogP contribution in [-0.2, 0) is 9.59 Å². The molecule has 1 heterocycles. The fourth-order valence-corrected chi connectivity index (χ4v) is 2.89. The van der Waals surface area contributed by atoms with E-state index in [2.05, 4.69) is 5.32 Å². The lowest BCUT2D eigenvalue weighted by molar-refractivity contribution is -0.121. The molecule has 0 saturated carbocycles. The minimum Gasteiger partial charge on any atom is -0.373 e. The molecule has 1 N–H and O–H groups in total. The molecule has 22 heavy (non-hydrogen) atoms. The Morgan fingerprint density at radius 1 is 1.05 bits per heavy atom. The summed E-state index contributed by atoms with van der Waals surface area (Å²) in [5, 5.41) is 3.79. The molecule has 112 valence electrons. The van der Waals surface area contributed by atoms with Crippen molar-refractivity contribution in [3.63, 3.8) is 0 Å². The maximum Gasteiger partial charge on any atom is 0.256 e. The average molecular weight is 335 g/mol. The molecule has 2 amide bonds. The van der Waals surface area contributed by atoms with Crippen molar-refractivity contribution in [2.75, 3.05) is 10.2 Å². The maximum absolute atomic E-state index is 12.5. The van der Waals surface area contributed by atoms with Gasteiger partial charge in [-0.25, -0.2) is 4.90 Å². The molecule has 1 aliphatic rings. The van der Waals surface area contributed by atoms with E-state index in [0.717, 1.165) is 10.6 Å². The van der Waals surface area contributed by atoms with Crippen LogP contribution >= 0.6 is 23.2 Å². The van der Waals surface area contributed by atoms with Crippen LogP contribution in [0.1, 0.15) is 6.42 Å². The summed E-state index contributed by atoms with van der Waals surface area (Å²) in [5.41, 5.74) is 1.15. The smallest absolute Gasteiger partial charge is 0.256 e. The van der Waals surface area contributed by atoms with Crippen LogP contribution in [0.25, 0.3) is 0 Å². The number of carbonyl (C=O) groups is 2. The Bertz CT molecular complexity index is 734. The second-order valence-electron chi connectivity index (χ2n) is 4.93. The number of carbonyl (C=O) groups excluding carboxylic acids is 2. The van der Waals surface area contributed by atoms with Crippen LogP contribution in [0.5, 0.6) is 0 Å². The molecule has 0 radical (unpaired) electrons. The molecule has 1 aliphatic heterocycles. The van der Waals surface area contributed by atoms with Crippen molar-refractivity contribution in [3.8, 4) is 0 Å². The maximum atomic E-state index is 12.5. The lowest BCUT2D eigenvalue weighted by atomic mass is 10.2. The second kappa shape index (κ2) is 5.99. The lowest BCUT2D eigenvalue weighted by Crippen LogP contribution is -2.35. The number of nitrogens with one attached hydrogen (secondary N) is 1. The molecular weight excluding hydrogens is 323 g/mol. The molecule has 0 aliphatic carbocycles. The van der Waals surface area contributed by atoms with E-state index in [1.807, 2.05) is 30.3 Å². The molecule has 6 heteroatoms. The molecule has 0 unspecified atom stereocenters. The zero-order valence-corrected chi connectivity index (χ0v) is 12.9. The lowest BCUT2D eigenvalue weighted by Gasteiger charge is -2.17. The van der Waals surface area contributed by atoms with E-state index in [1.54, 1.807) is 12.1 Å². The van der Waals surface area contributed by atoms with Gasteiger partial charge in [0, 0.05) is 10.7 Å². The number of para-hydroxylation sites is 1. The predicted molar refractivity (Wildman–Crippen MR) is 87.4 cm³/mol. The van der Waals surface area contributed by atoms with Gasteiger partial charge in [0.05, 0.1) is 17.1 Å². The van der Waals surface area contributed by atoms with Crippen LogP contribution in [-0.4, -0.2) is 17.9 Å². The Morgan fingerprint density at radius 3 is 2.45 bits per heavy atom. The number of hydrogen-bond donors (Lipinski definition) is 1. The highest BCUT2D eigenvalue weighted by molar-refractivity contribution is 6.38. The van der Waals surface area contributed by atoms with Crippen molar-refractivity contribution < 1.29 is 9.59 Å². The van der Waals surface area contributed by atoms with Gasteiger partial charge in [-0.1, -0.05) is 41.4 Å². The third-order valence-electron chi connectivity index (χ3n) is 3.41. The highest BCUT2D eigenvalue weighted by Gasteiger charge is 2.40. The Balaban J connectivity index is 1.85. The van der Waals surface area contributed by atoms with E-state index >= 15 is 0 Å². The standard InChI is InChI=1S/C16H12Cl2N2O2/c17-10-6-7-14(12(18)8-10)20-15(21)9-13(16(20)22)19-11-4-2-1-3-5-11/h1-8,13,19H,9H2/t13-/m1/s1. The van der Waals surface area contributed by atoms with Crippen molar-refractivity contribution >= 4 is 46.4 Å². The van der Waals surface area contributed by atoms with Gasteiger partial charge in [-0.3, -0.25) is 9.59 Å². The molecule has 4 nitrogen and oxygen atoms in total.